The molecule has 8 nitrogen and oxygen atoms in total. The second kappa shape index (κ2) is 15.2. The number of benzene rings is 3. The summed E-state index contributed by atoms with van der Waals surface area (Å²) in [5.74, 6) is 0.458. The van der Waals surface area contributed by atoms with E-state index >= 15 is 0 Å². The number of nitriles is 1. The summed E-state index contributed by atoms with van der Waals surface area (Å²) in [5, 5.41) is 18.6. The molecule has 0 aliphatic heterocycles. The standard InChI is InChI=1S/C39H34N4O4S2/c1-24-13-19-31-32(23-40)39(49-35(31)21-24)43-36(44)25(2)48-30-17-14-28(15-18-30)41-38(46)33(42-37(45)27-11-7-4-8-12-27)22-29-16-20-34(47-29)26-9-5-3-6-10-26/h3-12,14-18,20,22,24-25H,13,19,21H2,1-2H3,(H,41,46)(H,42,45)(H,43,44)/b33-22+. The maximum Gasteiger partial charge on any atom is 0.272 e. The van der Waals surface area contributed by atoms with Gasteiger partial charge in [-0.25, -0.2) is 0 Å². The van der Waals surface area contributed by atoms with Gasteiger partial charge in [-0.05, 0) is 86.2 Å². The third-order valence-electron chi connectivity index (χ3n) is 8.15. The van der Waals surface area contributed by atoms with E-state index in [-0.39, 0.29) is 11.6 Å². The summed E-state index contributed by atoms with van der Waals surface area (Å²) in [7, 11) is 0. The smallest absolute Gasteiger partial charge is 0.272 e. The molecule has 1 aliphatic rings. The fraction of sp³-hybridized carbons (Fsp3) is 0.179. The van der Waals surface area contributed by atoms with Crippen LogP contribution in [-0.2, 0) is 22.4 Å². The molecule has 2 atom stereocenters. The molecular formula is C39H34N4O4S2. The van der Waals surface area contributed by atoms with Crippen molar-refractivity contribution in [2.24, 2.45) is 5.92 Å². The van der Waals surface area contributed by atoms with Crippen LogP contribution in [0.1, 0.15) is 52.4 Å². The summed E-state index contributed by atoms with van der Waals surface area (Å²) in [6.45, 7) is 4.03. The largest absolute Gasteiger partial charge is 0.457 e. The zero-order valence-corrected chi connectivity index (χ0v) is 28.6. The first-order valence-electron chi connectivity index (χ1n) is 15.9. The molecular weight excluding hydrogens is 653 g/mol. The summed E-state index contributed by atoms with van der Waals surface area (Å²) in [4.78, 5) is 41.7. The number of anilines is 2. The molecule has 0 saturated carbocycles. The lowest BCUT2D eigenvalue weighted by atomic mass is 9.89. The molecule has 0 fully saturated rings. The summed E-state index contributed by atoms with van der Waals surface area (Å²) in [6.07, 6.45) is 4.35. The highest BCUT2D eigenvalue weighted by Gasteiger charge is 2.26. The minimum Gasteiger partial charge on any atom is -0.457 e. The number of furan rings is 1. The van der Waals surface area contributed by atoms with Crippen molar-refractivity contribution in [1.82, 2.24) is 5.32 Å². The number of thiophene rings is 1. The Balaban J connectivity index is 1.12. The number of amides is 3. The molecule has 10 heteroatoms. The number of fused-ring (bicyclic) bond motifs is 1. The summed E-state index contributed by atoms with van der Waals surface area (Å²) < 4.78 is 5.98. The summed E-state index contributed by atoms with van der Waals surface area (Å²) in [5.41, 5.74) is 3.48. The average molecular weight is 687 g/mol. The van der Waals surface area contributed by atoms with Gasteiger partial charge in [0.25, 0.3) is 11.8 Å². The first-order chi connectivity index (χ1) is 23.8. The maximum absolute atomic E-state index is 13.5. The Morgan fingerprint density at radius 3 is 2.39 bits per heavy atom. The second-order valence-electron chi connectivity index (χ2n) is 11.8. The van der Waals surface area contributed by atoms with Gasteiger partial charge in [-0.2, -0.15) is 5.26 Å². The van der Waals surface area contributed by atoms with Gasteiger partial charge in [-0.3, -0.25) is 14.4 Å². The van der Waals surface area contributed by atoms with Crippen LogP contribution in [0.25, 0.3) is 17.4 Å². The molecule has 6 rings (SSSR count). The number of rotatable bonds is 10. The minimum absolute atomic E-state index is 0.00742. The van der Waals surface area contributed by atoms with Crippen molar-refractivity contribution in [2.75, 3.05) is 10.6 Å². The molecule has 0 spiro atoms. The molecule has 3 N–H and O–H groups in total. The molecule has 0 radical (unpaired) electrons. The van der Waals surface area contributed by atoms with E-state index in [1.165, 1.54) is 34.1 Å². The highest BCUT2D eigenvalue weighted by Crippen LogP contribution is 2.39. The third kappa shape index (κ3) is 8.20. The molecule has 3 aromatic carbocycles. The first kappa shape index (κ1) is 33.5. The molecule has 0 saturated heterocycles. The first-order valence-corrected chi connectivity index (χ1v) is 17.6. The number of hydrogen-bond acceptors (Lipinski definition) is 7. The Kier molecular flexibility index (Phi) is 10.4. The SMILES string of the molecule is CC1CCc2c(sc(NC(=O)C(C)Sc3ccc(NC(=O)/C(=C\c4ccc(-c5ccccc5)o4)NC(=O)c4ccccc4)cc3)c2C#N)C1. The van der Waals surface area contributed by atoms with Crippen molar-refractivity contribution in [3.63, 3.8) is 0 Å². The quantitative estimate of drug-likeness (QED) is 0.1000. The average Bonchev–Trinajstić information content (AvgIpc) is 3.73. The van der Waals surface area contributed by atoms with E-state index < -0.39 is 17.1 Å². The van der Waals surface area contributed by atoms with Gasteiger partial charge in [-0.15, -0.1) is 23.1 Å². The van der Waals surface area contributed by atoms with Gasteiger partial charge < -0.3 is 20.4 Å². The van der Waals surface area contributed by atoms with Crippen LogP contribution in [0.15, 0.2) is 112 Å². The van der Waals surface area contributed by atoms with Crippen LogP contribution in [0, 0.1) is 17.2 Å². The van der Waals surface area contributed by atoms with Gasteiger partial charge >= 0.3 is 0 Å². The number of thioether (sulfide) groups is 1. The Hall–Kier alpha value is -5.37. The van der Waals surface area contributed by atoms with E-state index in [0.29, 0.717) is 39.3 Å². The minimum atomic E-state index is -0.531. The zero-order valence-electron chi connectivity index (χ0n) is 27.0. The molecule has 0 bridgehead atoms. The van der Waals surface area contributed by atoms with Crippen LogP contribution in [0.3, 0.4) is 0 Å². The molecule has 2 heterocycles. The van der Waals surface area contributed by atoms with Crippen molar-refractivity contribution in [1.29, 1.82) is 5.26 Å². The Labute approximate surface area is 293 Å². The molecule has 49 heavy (non-hydrogen) atoms. The summed E-state index contributed by atoms with van der Waals surface area (Å²) >= 11 is 2.89. The van der Waals surface area contributed by atoms with Crippen molar-refractivity contribution in [3.05, 3.63) is 130 Å². The van der Waals surface area contributed by atoms with E-state index in [9.17, 15) is 19.6 Å². The van der Waals surface area contributed by atoms with Crippen LogP contribution in [0.4, 0.5) is 10.7 Å². The van der Waals surface area contributed by atoms with Gasteiger partial charge in [0.05, 0.1) is 10.8 Å². The Bertz CT molecular complexity index is 2040. The fourth-order valence-electron chi connectivity index (χ4n) is 5.52. The number of nitrogens with zero attached hydrogens (tertiary/aromatic N) is 1. The Morgan fingerprint density at radius 1 is 0.959 bits per heavy atom. The van der Waals surface area contributed by atoms with E-state index in [1.54, 1.807) is 42.5 Å². The molecule has 5 aromatic rings. The topological polar surface area (TPSA) is 124 Å². The summed E-state index contributed by atoms with van der Waals surface area (Å²) in [6, 6.07) is 31.2. The number of carbonyl (C=O) groups is 3. The van der Waals surface area contributed by atoms with Crippen molar-refractivity contribution >= 4 is 57.6 Å². The van der Waals surface area contributed by atoms with Crippen molar-refractivity contribution in [2.45, 2.75) is 43.3 Å². The molecule has 3 amide bonds. The van der Waals surface area contributed by atoms with Crippen LogP contribution in [0.5, 0.6) is 0 Å². The van der Waals surface area contributed by atoms with Crippen molar-refractivity contribution < 1.29 is 18.8 Å². The molecule has 246 valence electrons. The lowest BCUT2D eigenvalue weighted by Crippen LogP contribution is -2.30. The normalized spacial score (nSPS) is 14.6. The van der Waals surface area contributed by atoms with Gasteiger partial charge in [0.2, 0.25) is 5.91 Å². The molecule has 2 aromatic heterocycles. The van der Waals surface area contributed by atoms with Crippen LogP contribution < -0.4 is 16.0 Å². The Morgan fingerprint density at radius 2 is 1.67 bits per heavy atom. The van der Waals surface area contributed by atoms with E-state index in [2.05, 4.69) is 28.9 Å². The molecule has 1 aliphatic carbocycles. The monoisotopic (exact) mass is 686 g/mol. The van der Waals surface area contributed by atoms with E-state index in [1.807, 2.05) is 61.5 Å². The number of hydrogen-bond donors (Lipinski definition) is 3. The van der Waals surface area contributed by atoms with E-state index in [4.69, 9.17) is 4.42 Å². The lowest BCUT2D eigenvalue weighted by molar-refractivity contribution is -0.115. The zero-order chi connectivity index (χ0) is 34.3. The highest BCUT2D eigenvalue weighted by molar-refractivity contribution is 8.00. The van der Waals surface area contributed by atoms with Crippen LogP contribution >= 0.6 is 23.1 Å². The van der Waals surface area contributed by atoms with Gasteiger partial charge in [-0.1, -0.05) is 55.5 Å². The highest BCUT2D eigenvalue weighted by atomic mass is 32.2. The predicted octanol–water partition coefficient (Wildman–Crippen LogP) is 8.53. The van der Waals surface area contributed by atoms with Gasteiger partial charge in [0.1, 0.15) is 28.3 Å². The third-order valence-corrected chi connectivity index (χ3v) is 10.4. The maximum atomic E-state index is 13.5. The van der Waals surface area contributed by atoms with Crippen LogP contribution in [-0.4, -0.2) is 23.0 Å². The lowest BCUT2D eigenvalue weighted by Gasteiger charge is -2.17. The van der Waals surface area contributed by atoms with Crippen molar-refractivity contribution in [3.8, 4) is 17.4 Å². The van der Waals surface area contributed by atoms with E-state index in [0.717, 1.165) is 35.3 Å². The van der Waals surface area contributed by atoms with Crippen LogP contribution in [0.2, 0.25) is 0 Å². The fourth-order valence-corrected chi connectivity index (χ4v) is 7.75. The number of nitrogens with one attached hydrogen (secondary N) is 3. The predicted molar refractivity (Wildman–Crippen MR) is 195 cm³/mol. The molecule has 2 unspecified atom stereocenters. The van der Waals surface area contributed by atoms with Gasteiger partial charge in [0, 0.05) is 32.7 Å². The second-order valence-corrected chi connectivity index (χ2v) is 14.4. The van der Waals surface area contributed by atoms with Gasteiger partial charge in [0.15, 0.2) is 0 Å². The number of carbonyl (C=O) groups excluding carboxylic acids is 3.